The normalized spacial score (nSPS) is 12.3. The molecule has 1 atom stereocenters. The zero-order valence-corrected chi connectivity index (χ0v) is 12.3. The molecule has 5 nitrogen and oxygen atoms in total. The van der Waals surface area contributed by atoms with Crippen LogP contribution in [0, 0.1) is 0 Å². The summed E-state index contributed by atoms with van der Waals surface area (Å²) < 4.78 is 5.34. The number of benzene rings is 1. The minimum Gasteiger partial charge on any atom is -0.399 e. The van der Waals surface area contributed by atoms with Crippen LogP contribution in [0.4, 0.5) is 11.6 Å². The van der Waals surface area contributed by atoms with Gasteiger partial charge in [0.2, 0.25) is 5.89 Å². The first-order valence-corrected chi connectivity index (χ1v) is 7.07. The highest BCUT2D eigenvalue weighted by Gasteiger charge is 2.14. The van der Waals surface area contributed by atoms with Gasteiger partial charge < -0.3 is 15.2 Å². The van der Waals surface area contributed by atoms with Gasteiger partial charge in [-0.05, 0) is 42.6 Å². The Balaban J connectivity index is 2.04. The SMILES string of the molecule is CCN(CC)c1noc(CC(C)c2ccc(N)cc2)n1. The van der Waals surface area contributed by atoms with Crippen LogP contribution in [0.25, 0.3) is 0 Å². The molecule has 20 heavy (non-hydrogen) atoms. The second kappa shape index (κ2) is 6.41. The molecule has 1 aromatic carbocycles. The molecule has 0 aliphatic rings. The lowest BCUT2D eigenvalue weighted by molar-refractivity contribution is 0.370. The highest BCUT2D eigenvalue weighted by atomic mass is 16.5. The Hall–Kier alpha value is -2.04. The minimum absolute atomic E-state index is 0.320. The summed E-state index contributed by atoms with van der Waals surface area (Å²) in [5.74, 6) is 1.67. The van der Waals surface area contributed by atoms with E-state index in [-0.39, 0.29) is 0 Å². The van der Waals surface area contributed by atoms with Gasteiger partial charge in [-0.25, -0.2) is 0 Å². The lowest BCUT2D eigenvalue weighted by Crippen LogP contribution is -2.23. The van der Waals surface area contributed by atoms with Crippen LogP contribution in [0.1, 0.15) is 38.1 Å². The van der Waals surface area contributed by atoms with E-state index in [4.69, 9.17) is 10.3 Å². The molecule has 0 saturated carbocycles. The van der Waals surface area contributed by atoms with Gasteiger partial charge in [0.05, 0.1) is 0 Å². The van der Waals surface area contributed by atoms with Crippen molar-refractivity contribution >= 4 is 11.6 Å². The van der Waals surface area contributed by atoms with Crippen molar-refractivity contribution in [2.45, 2.75) is 33.1 Å². The molecule has 0 amide bonds. The average Bonchev–Trinajstić information content (AvgIpc) is 2.89. The van der Waals surface area contributed by atoms with Crippen LogP contribution in [-0.4, -0.2) is 23.2 Å². The lowest BCUT2D eigenvalue weighted by Gasteiger charge is -2.14. The van der Waals surface area contributed by atoms with Gasteiger partial charge in [-0.1, -0.05) is 19.1 Å². The Morgan fingerprint density at radius 3 is 2.45 bits per heavy atom. The molecule has 0 fully saturated rings. The molecule has 1 aromatic heterocycles. The van der Waals surface area contributed by atoms with Crippen molar-refractivity contribution in [1.82, 2.24) is 10.1 Å². The summed E-state index contributed by atoms with van der Waals surface area (Å²) in [5, 5.41) is 4.04. The second-order valence-electron chi connectivity index (χ2n) is 4.93. The third-order valence-electron chi connectivity index (χ3n) is 3.49. The summed E-state index contributed by atoms with van der Waals surface area (Å²) in [6, 6.07) is 7.92. The smallest absolute Gasteiger partial charge is 0.266 e. The summed E-state index contributed by atoms with van der Waals surface area (Å²) in [7, 11) is 0. The van der Waals surface area contributed by atoms with Crippen molar-refractivity contribution in [3.05, 3.63) is 35.7 Å². The fraction of sp³-hybridized carbons (Fsp3) is 0.467. The zero-order valence-electron chi connectivity index (χ0n) is 12.3. The van der Waals surface area contributed by atoms with Gasteiger partial charge in [0.15, 0.2) is 0 Å². The molecule has 0 aliphatic carbocycles. The van der Waals surface area contributed by atoms with Crippen LogP contribution in [-0.2, 0) is 6.42 Å². The van der Waals surface area contributed by atoms with Gasteiger partial charge in [0.1, 0.15) is 0 Å². The Morgan fingerprint density at radius 1 is 1.20 bits per heavy atom. The van der Waals surface area contributed by atoms with Crippen molar-refractivity contribution in [3.63, 3.8) is 0 Å². The van der Waals surface area contributed by atoms with Crippen LogP contribution in [0.15, 0.2) is 28.8 Å². The van der Waals surface area contributed by atoms with Gasteiger partial charge in [-0.2, -0.15) is 4.98 Å². The molecule has 2 N–H and O–H groups in total. The van der Waals surface area contributed by atoms with Gasteiger partial charge in [-0.3, -0.25) is 0 Å². The van der Waals surface area contributed by atoms with E-state index in [2.05, 4.69) is 35.8 Å². The molecule has 0 aliphatic heterocycles. The standard InChI is InChI=1S/C15H22N4O/c1-4-19(5-2)15-17-14(20-18-15)10-11(3)12-6-8-13(16)9-7-12/h6-9,11H,4-5,10,16H2,1-3H3. The maximum atomic E-state index is 5.70. The highest BCUT2D eigenvalue weighted by molar-refractivity contribution is 5.40. The molecule has 2 rings (SSSR count). The third kappa shape index (κ3) is 3.29. The van der Waals surface area contributed by atoms with Crippen LogP contribution >= 0.6 is 0 Å². The largest absolute Gasteiger partial charge is 0.399 e. The molecule has 0 spiro atoms. The molecule has 0 saturated heterocycles. The molecular formula is C15H22N4O. The third-order valence-corrected chi connectivity index (χ3v) is 3.49. The minimum atomic E-state index is 0.320. The predicted octanol–water partition coefficient (Wildman–Crippen LogP) is 2.84. The summed E-state index contributed by atoms with van der Waals surface area (Å²) >= 11 is 0. The van der Waals surface area contributed by atoms with Crippen molar-refractivity contribution in [2.24, 2.45) is 0 Å². The van der Waals surface area contributed by atoms with Crippen LogP contribution in [0.5, 0.6) is 0 Å². The quantitative estimate of drug-likeness (QED) is 0.820. The van der Waals surface area contributed by atoms with Crippen molar-refractivity contribution < 1.29 is 4.52 Å². The van der Waals surface area contributed by atoms with E-state index in [9.17, 15) is 0 Å². The first-order valence-electron chi connectivity index (χ1n) is 7.07. The summed E-state index contributed by atoms with van der Waals surface area (Å²) in [6.07, 6.45) is 0.734. The number of nitrogen functional groups attached to an aromatic ring is 1. The molecule has 5 heteroatoms. The zero-order chi connectivity index (χ0) is 14.5. The summed E-state index contributed by atoms with van der Waals surface area (Å²) in [6.45, 7) is 8.06. The second-order valence-corrected chi connectivity index (χ2v) is 4.93. The fourth-order valence-electron chi connectivity index (χ4n) is 2.17. The molecule has 1 heterocycles. The number of aromatic nitrogens is 2. The Morgan fingerprint density at radius 2 is 1.85 bits per heavy atom. The maximum Gasteiger partial charge on any atom is 0.266 e. The first kappa shape index (κ1) is 14.4. The maximum absolute atomic E-state index is 5.70. The van der Waals surface area contributed by atoms with Crippen molar-refractivity contribution in [3.8, 4) is 0 Å². The average molecular weight is 274 g/mol. The Labute approximate surface area is 119 Å². The highest BCUT2D eigenvalue weighted by Crippen LogP contribution is 2.21. The van der Waals surface area contributed by atoms with Gasteiger partial charge in [0.25, 0.3) is 5.95 Å². The van der Waals surface area contributed by atoms with Gasteiger partial charge in [0, 0.05) is 25.2 Å². The molecular weight excluding hydrogens is 252 g/mol. The van der Waals surface area contributed by atoms with E-state index in [1.54, 1.807) is 0 Å². The first-order chi connectivity index (χ1) is 9.63. The van der Waals surface area contributed by atoms with Gasteiger partial charge >= 0.3 is 0 Å². The summed E-state index contributed by atoms with van der Waals surface area (Å²) in [5.41, 5.74) is 7.70. The number of rotatable bonds is 6. The number of hydrogen-bond acceptors (Lipinski definition) is 5. The fourth-order valence-corrected chi connectivity index (χ4v) is 2.17. The van der Waals surface area contributed by atoms with Gasteiger partial charge in [-0.15, -0.1) is 0 Å². The molecule has 2 aromatic rings. The van der Waals surface area contributed by atoms with E-state index in [1.807, 2.05) is 24.3 Å². The van der Waals surface area contributed by atoms with Crippen LogP contribution < -0.4 is 10.6 Å². The molecule has 108 valence electrons. The van der Waals surface area contributed by atoms with Crippen molar-refractivity contribution in [2.75, 3.05) is 23.7 Å². The predicted molar refractivity (Wildman–Crippen MR) is 80.8 cm³/mol. The van der Waals surface area contributed by atoms with E-state index in [0.717, 1.165) is 25.2 Å². The topological polar surface area (TPSA) is 68.2 Å². The molecule has 1 unspecified atom stereocenters. The molecule has 0 radical (unpaired) electrons. The monoisotopic (exact) mass is 274 g/mol. The van der Waals surface area contributed by atoms with E-state index >= 15 is 0 Å². The van der Waals surface area contributed by atoms with E-state index in [1.165, 1.54) is 5.56 Å². The number of nitrogens with two attached hydrogens (primary N) is 1. The number of anilines is 2. The van der Waals surface area contributed by atoms with E-state index in [0.29, 0.717) is 17.8 Å². The van der Waals surface area contributed by atoms with Crippen molar-refractivity contribution in [1.29, 1.82) is 0 Å². The molecule has 0 bridgehead atoms. The van der Waals surface area contributed by atoms with Crippen LogP contribution in [0.2, 0.25) is 0 Å². The van der Waals surface area contributed by atoms with E-state index < -0.39 is 0 Å². The summed E-state index contributed by atoms with van der Waals surface area (Å²) in [4.78, 5) is 6.53. The number of nitrogens with zero attached hydrogens (tertiary/aromatic N) is 3. The Bertz CT molecular complexity index is 531. The Kier molecular flexibility index (Phi) is 4.61. The van der Waals surface area contributed by atoms with Crippen LogP contribution in [0.3, 0.4) is 0 Å². The lowest BCUT2D eigenvalue weighted by atomic mass is 9.98. The number of hydrogen-bond donors (Lipinski definition) is 1.